The van der Waals surface area contributed by atoms with Crippen LogP contribution in [0.2, 0.25) is 0 Å². The first-order chi connectivity index (χ1) is 6.63. The van der Waals surface area contributed by atoms with Crippen LogP contribution < -0.4 is 0 Å². The van der Waals surface area contributed by atoms with Crippen molar-refractivity contribution in [2.45, 2.75) is 12.5 Å². The molecule has 0 aromatic heterocycles. The Hall–Kier alpha value is -0.940. The monoisotopic (exact) mass is 200 g/mol. The number of rotatable bonds is 4. The third-order valence-electron chi connectivity index (χ3n) is 2.55. The molecule has 1 fully saturated rings. The molecule has 0 aromatic carbocycles. The van der Waals surface area contributed by atoms with E-state index < -0.39 is 12.0 Å². The number of aliphatic carboxylic acids is 1. The standard InChI is InChI=1S/C9H16N2O3/c1-10-2-4-11(5-3-10)8(7-12)6-9(13)14/h7-8H,2-6H2,1H3,(H,13,14). The lowest BCUT2D eigenvalue weighted by atomic mass is 10.1. The average Bonchev–Trinajstić information content (AvgIpc) is 2.15. The normalized spacial score (nSPS) is 21.8. The van der Waals surface area contributed by atoms with E-state index in [0.717, 1.165) is 32.5 Å². The Labute approximate surface area is 83.3 Å². The first kappa shape index (κ1) is 11.1. The summed E-state index contributed by atoms with van der Waals surface area (Å²) in [4.78, 5) is 25.3. The van der Waals surface area contributed by atoms with Gasteiger partial charge in [0, 0.05) is 26.2 Å². The fourth-order valence-corrected chi connectivity index (χ4v) is 1.60. The van der Waals surface area contributed by atoms with Gasteiger partial charge in [0.2, 0.25) is 0 Å². The summed E-state index contributed by atoms with van der Waals surface area (Å²) in [5.41, 5.74) is 0. The van der Waals surface area contributed by atoms with E-state index in [2.05, 4.69) is 4.90 Å². The number of carbonyl (C=O) groups is 2. The van der Waals surface area contributed by atoms with Gasteiger partial charge in [0.05, 0.1) is 12.5 Å². The van der Waals surface area contributed by atoms with E-state index >= 15 is 0 Å². The van der Waals surface area contributed by atoms with Gasteiger partial charge in [-0.3, -0.25) is 9.69 Å². The average molecular weight is 200 g/mol. The SMILES string of the molecule is CN1CCN(C(C=O)CC(=O)O)CC1. The Kier molecular flexibility index (Phi) is 4.03. The topological polar surface area (TPSA) is 60.9 Å². The zero-order valence-electron chi connectivity index (χ0n) is 8.35. The lowest BCUT2D eigenvalue weighted by Gasteiger charge is -2.35. The molecule has 0 radical (unpaired) electrons. The minimum atomic E-state index is -0.916. The zero-order valence-corrected chi connectivity index (χ0v) is 8.35. The molecule has 1 unspecified atom stereocenters. The number of hydrogen-bond donors (Lipinski definition) is 1. The van der Waals surface area contributed by atoms with Crippen molar-refractivity contribution in [1.82, 2.24) is 9.80 Å². The van der Waals surface area contributed by atoms with Gasteiger partial charge in [-0.1, -0.05) is 0 Å². The van der Waals surface area contributed by atoms with E-state index in [4.69, 9.17) is 5.11 Å². The van der Waals surface area contributed by atoms with Gasteiger partial charge < -0.3 is 14.8 Å². The maximum atomic E-state index is 10.7. The summed E-state index contributed by atoms with van der Waals surface area (Å²) in [5.74, 6) is -0.916. The Morgan fingerprint density at radius 2 is 2.00 bits per heavy atom. The molecule has 1 rings (SSSR count). The van der Waals surface area contributed by atoms with E-state index in [-0.39, 0.29) is 6.42 Å². The summed E-state index contributed by atoms with van der Waals surface area (Å²) < 4.78 is 0. The van der Waals surface area contributed by atoms with Crippen molar-refractivity contribution in [3.05, 3.63) is 0 Å². The second-order valence-corrected chi connectivity index (χ2v) is 3.64. The van der Waals surface area contributed by atoms with Gasteiger partial charge in [-0.2, -0.15) is 0 Å². The van der Waals surface area contributed by atoms with Gasteiger partial charge in [-0.05, 0) is 7.05 Å². The van der Waals surface area contributed by atoms with Gasteiger partial charge >= 0.3 is 5.97 Å². The molecule has 0 saturated carbocycles. The third kappa shape index (κ3) is 3.08. The Bertz CT molecular complexity index is 212. The number of nitrogens with zero attached hydrogens (tertiary/aromatic N) is 2. The number of hydrogen-bond acceptors (Lipinski definition) is 4. The van der Waals surface area contributed by atoms with Gasteiger partial charge in [0.1, 0.15) is 6.29 Å². The minimum absolute atomic E-state index is 0.0901. The van der Waals surface area contributed by atoms with Crippen LogP contribution in [0.5, 0.6) is 0 Å². The molecule has 1 N–H and O–H groups in total. The van der Waals surface area contributed by atoms with Crippen LogP contribution in [-0.2, 0) is 9.59 Å². The fourth-order valence-electron chi connectivity index (χ4n) is 1.60. The van der Waals surface area contributed by atoms with Crippen molar-refractivity contribution in [1.29, 1.82) is 0 Å². The van der Waals surface area contributed by atoms with Crippen molar-refractivity contribution >= 4 is 12.3 Å². The molecule has 1 aliphatic heterocycles. The minimum Gasteiger partial charge on any atom is -0.481 e. The first-order valence-corrected chi connectivity index (χ1v) is 4.73. The van der Waals surface area contributed by atoms with Crippen molar-refractivity contribution < 1.29 is 14.7 Å². The molecule has 0 aromatic rings. The number of carboxylic acids is 1. The highest BCUT2D eigenvalue weighted by Crippen LogP contribution is 2.06. The number of aldehydes is 1. The van der Waals surface area contributed by atoms with Crippen molar-refractivity contribution in [2.24, 2.45) is 0 Å². The predicted molar refractivity (Wildman–Crippen MR) is 51.2 cm³/mol. The highest BCUT2D eigenvalue weighted by atomic mass is 16.4. The molecule has 1 saturated heterocycles. The van der Waals surface area contributed by atoms with Crippen LogP contribution in [0.3, 0.4) is 0 Å². The zero-order chi connectivity index (χ0) is 10.6. The third-order valence-corrected chi connectivity index (χ3v) is 2.55. The molecule has 1 heterocycles. The lowest BCUT2D eigenvalue weighted by Crippen LogP contribution is -2.50. The number of likely N-dealkylation sites (N-methyl/N-ethyl adjacent to an activating group) is 1. The van der Waals surface area contributed by atoms with E-state index in [0.29, 0.717) is 0 Å². The Morgan fingerprint density at radius 1 is 1.43 bits per heavy atom. The molecule has 14 heavy (non-hydrogen) atoms. The van der Waals surface area contributed by atoms with Crippen LogP contribution in [-0.4, -0.2) is 66.4 Å². The van der Waals surface area contributed by atoms with Gasteiger partial charge in [-0.25, -0.2) is 0 Å². The van der Waals surface area contributed by atoms with Gasteiger partial charge in [0.15, 0.2) is 0 Å². The molecule has 0 aliphatic carbocycles. The summed E-state index contributed by atoms with van der Waals surface area (Å²) in [6.07, 6.45) is 0.645. The maximum Gasteiger partial charge on any atom is 0.305 e. The first-order valence-electron chi connectivity index (χ1n) is 4.73. The number of carbonyl (C=O) groups excluding carboxylic acids is 1. The van der Waals surface area contributed by atoms with Crippen molar-refractivity contribution in [3.63, 3.8) is 0 Å². The van der Waals surface area contributed by atoms with Crippen LogP contribution in [0.25, 0.3) is 0 Å². The summed E-state index contributed by atoms with van der Waals surface area (Å²) >= 11 is 0. The van der Waals surface area contributed by atoms with E-state index in [1.165, 1.54) is 0 Å². The molecule has 5 heteroatoms. The summed E-state index contributed by atoms with van der Waals surface area (Å²) in [7, 11) is 2.02. The van der Waals surface area contributed by atoms with E-state index in [1.54, 1.807) is 0 Å². The maximum absolute atomic E-state index is 10.7. The van der Waals surface area contributed by atoms with E-state index in [1.807, 2.05) is 11.9 Å². The molecular formula is C9H16N2O3. The molecule has 1 aliphatic rings. The highest BCUT2D eigenvalue weighted by Gasteiger charge is 2.23. The van der Waals surface area contributed by atoms with Gasteiger partial charge in [-0.15, -0.1) is 0 Å². The summed E-state index contributed by atoms with van der Waals surface area (Å²) in [6, 6.07) is -0.457. The Morgan fingerprint density at radius 3 is 2.43 bits per heavy atom. The quantitative estimate of drug-likeness (QED) is 0.607. The number of carboxylic acid groups (broad SMARTS) is 1. The molecule has 0 bridgehead atoms. The summed E-state index contributed by atoms with van der Waals surface area (Å²) in [5, 5.41) is 8.60. The molecule has 1 atom stereocenters. The van der Waals surface area contributed by atoms with Crippen LogP contribution in [0, 0.1) is 0 Å². The predicted octanol–water partition coefficient (Wildman–Crippen LogP) is -0.724. The molecule has 5 nitrogen and oxygen atoms in total. The van der Waals surface area contributed by atoms with Crippen molar-refractivity contribution in [2.75, 3.05) is 33.2 Å². The van der Waals surface area contributed by atoms with Crippen LogP contribution in [0.1, 0.15) is 6.42 Å². The Balaban J connectivity index is 2.44. The van der Waals surface area contributed by atoms with Crippen molar-refractivity contribution in [3.8, 4) is 0 Å². The molecule has 0 spiro atoms. The molecule has 80 valence electrons. The van der Waals surface area contributed by atoms with E-state index in [9.17, 15) is 9.59 Å². The smallest absolute Gasteiger partial charge is 0.305 e. The van der Waals surface area contributed by atoms with Crippen LogP contribution in [0.15, 0.2) is 0 Å². The molecular weight excluding hydrogens is 184 g/mol. The lowest BCUT2D eigenvalue weighted by molar-refractivity contribution is -0.140. The largest absolute Gasteiger partial charge is 0.481 e. The fraction of sp³-hybridized carbons (Fsp3) is 0.778. The van der Waals surface area contributed by atoms with Crippen LogP contribution >= 0.6 is 0 Å². The highest BCUT2D eigenvalue weighted by molar-refractivity contribution is 5.73. The number of piperazine rings is 1. The van der Waals surface area contributed by atoms with Gasteiger partial charge in [0.25, 0.3) is 0 Å². The molecule has 0 amide bonds. The second kappa shape index (κ2) is 5.07. The van der Waals surface area contributed by atoms with Crippen LogP contribution in [0.4, 0.5) is 0 Å². The summed E-state index contributed by atoms with van der Waals surface area (Å²) in [6.45, 7) is 3.33. The second-order valence-electron chi connectivity index (χ2n) is 3.64.